The summed E-state index contributed by atoms with van der Waals surface area (Å²) in [6.45, 7) is 0. The van der Waals surface area contributed by atoms with Crippen molar-refractivity contribution in [2.24, 2.45) is 15.7 Å². The summed E-state index contributed by atoms with van der Waals surface area (Å²) in [5, 5.41) is 7.87. The summed E-state index contributed by atoms with van der Waals surface area (Å²) in [5.41, 5.74) is 8.52. The Morgan fingerprint density at radius 2 is 2.07 bits per heavy atom. The Morgan fingerprint density at radius 1 is 1.21 bits per heavy atom. The number of aliphatic imine (C=N–C) groups is 2. The second-order valence-electron chi connectivity index (χ2n) is 6.08. The number of guanidine groups is 1. The van der Waals surface area contributed by atoms with Crippen LogP contribution in [0, 0.1) is 0 Å². The number of fused-ring (bicyclic) bond motifs is 1. The zero-order valence-electron chi connectivity index (χ0n) is 14.6. The molecule has 1 amide bonds. The van der Waals surface area contributed by atoms with Gasteiger partial charge in [0.2, 0.25) is 5.91 Å². The van der Waals surface area contributed by atoms with Gasteiger partial charge in [-0.25, -0.2) is 9.98 Å². The Labute approximate surface area is 170 Å². The highest BCUT2D eigenvalue weighted by atomic mass is 35.5. The highest BCUT2D eigenvalue weighted by Gasteiger charge is 2.20. The van der Waals surface area contributed by atoms with Gasteiger partial charge in [-0.1, -0.05) is 47.6 Å². The van der Waals surface area contributed by atoms with Crippen LogP contribution in [0.1, 0.15) is 11.7 Å². The Balaban J connectivity index is 1.45. The van der Waals surface area contributed by atoms with Gasteiger partial charge in [-0.05, 0) is 24.3 Å². The van der Waals surface area contributed by atoms with Crippen molar-refractivity contribution in [3.63, 3.8) is 0 Å². The van der Waals surface area contributed by atoms with Gasteiger partial charge in [0.25, 0.3) is 0 Å². The summed E-state index contributed by atoms with van der Waals surface area (Å²) in [6, 6.07) is 14.9. The maximum absolute atomic E-state index is 12.2. The smallest absolute Gasteiger partial charge is 0.234 e. The van der Waals surface area contributed by atoms with E-state index in [0.29, 0.717) is 15.9 Å². The number of nitrogens with zero attached hydrogens (tertiary/aromatic N) is 2. The largest absolute Gasteiger partial charge is 0.370 e. The maximum Gasteiger partial charge on any atom is 0.234 e. The summed E-state index contributed by atoms with van der Waals surface area (Å²) in [6.07, 6.45) is 1.42. The number of halogens is 1. The number of H-pyrrole nitrogens is 1. The van der Waals surface area contributed by atoms with E-state index in [4.69, 9.17) is 17.3 Å². The average Bonchev–Trinajstić information content (AvgIpc) is 3.10. The number of aromatic nitrogens is 1. The van der Waals surface area contributed by atoms with Gasteiger partial charge in [0.05, 0.1) is 5.75 Å². The molecule has 28 heavy (non-hydrogen) atoms. The molecule has 3 aromatic rings. The summed E-state index contributed by atoms with van der Waals surface area (Å²) < 4.78 is 0. The Morgan fingerprint density at radius 3 is 2.93 bits per heavy atom. The van der Waals surface area contributed by atoms with Crippen molar-refractivity contribution < 1.29 is 4.79 Å². The zero-order valence-corrected chi connectivity index (χ0v) is 16.2. The monoisotopic (exact) mass is 412 g/mol. The van der Waals surface area contributed by atoms with Crippen LogP contribution in [0.15, 0.2) is 64.7 Å². The number of carbonyl (C=O) groups is 1. The minimum absolute atomic E-state index is 0.165. The van der Waals surface area contributed by atoms with Gasteiger partial charge in [-0.3, -0.25) is 4.79 Å². The molecule has 1 aliphatic rings. The third-order valence-corrected chi connectivity index (χ3v) is 5.21. The lowest BCUT2D eigenvalue weighted by Gasteiger charge is -2.18. The predicted octanol–water partition coefficient (Wildman–Crippen LogP) is 3.47. The first-order valence-corrected chi connectivity index (χ1v) is 9.87. The number of para-hydroxylation sites is 1. The molecule has 0 saturated carbocycles. The van der Waals surface area contributed by atoms with Crippen LogP contribution < -0.4 is 16.4 Å². The number of amidine groups is 1. The number of rotatable bonds is 4. The van der Waals surface area contributed by atoms with E-state index in [1.54, 1.807) is 24.3 Å². The van der Waals surface area contributed by atoms with Crippen molar-refractivity contribution in [1.29, 1.82) is 0 Å². The molecule has 4 rings (SSSR count). The molecular weight excluding hydrogens is 396 g/mol. The molecule has 1 aromatic heterocycles. The standard InChI is InChI=1S/C19H17ClN6OS/c20-11-4-3-5-12(8-11)23-16(27)10-28-19-25-17(24-18(21)26-19)14-9-22-15-7-2-1-6-13(14)15/h1-9,17,22H,10H2,(H,23,27)(H3,21,24,25,26). The molecule has 0 aliphatic carbocycles. The highest BCUT2D eigenvalue weighted by Crippen LogP contribution is 2.29. The second kappa shape index (κ2) is 7.95. The van der Waals surface area contributed by atoms with E-state index in [1.807, 2.05) is 30.5 Å². The summed E-state index contributed by atoms with van der Waals surface area (Å²) in [5.74, 6) is 0.274. The van der Waals surface area contributed by atoms with Gasteiger partial charge >= 0.3 is 0 Å². The van der Waals surface area contributed by atoms with Crippen LogP contribution in [-0.2, 0) is 4.79 Å². The molecule has 0 bridgehead atoms. The fraction of sp³-hybridized carbons (Fsp3) is 0.105. The molecule has 7 nitrogen and oxygen atoms in total. The molecule has 0 spiro atoms. The van der Waals surface area contributed by atoms with Crippen LogP contribution in [-0.4, -0.2) is 27.8 Å². The van der Waals surface area contributed by atoms with Crippen molar-refractivity contribution in [2.75, 3.05) is 11.1 Å². The number of anilines is 1. The van der Waals surface area contributed by atoms with Gasteiger partial charge in [-0.15, -0.1) is 0 Å². The fourth-order valence-electron chi connectivity index (χ4n) is 2.86. The number of carbonyl (C=O) groups excluding carboxylic acids is 1. The molecule has 1 atom stereocenters. The summed E-state index contributed by atoms with van der Waals surface area (Å²) >= 11 is 7.20. The van der Waals surface area contributed by atoms with E-state index in [1.165, 1.54) is 11.8 Å². The van der Waals surface area contributed by atoms with Crippen molar-refractivity contribution >= 4 is 57.0 Å². The predicted molar refractivity (Wildman–Crippen MR) is 116 cm³/mol. The van der Waals surface area contributed by atoms with Gasteiger partial charge in [0, 0.05) is 33.4 Å². The zero-order chi connectivity index (χ0) is 19.5. The van der Waals surface area contributed by atoms with Gasteiger partial charge in [0.15, 0.2) is 17.3 Å². The lowest BCUT2D eigenvalue weighted by Crippen LogP contribution is -2.39. The Hall–Kier alpha value is -2.97. The van der Waals surface area contributed by atoms with Crippen LogP contribution in [0.4, 0.5) is 5.69 Å². The van der Waals surface area contributed by atoms with Crippen LogP contribution in [0.3, 0.4) is 0 Å². The molecule has 5 N–H and O–H groups in total. The molecule has 0 fully saturated rings. The first-order chi connectivity index (χ1) is 13.6. The molecule has 2 heterocycles. The molecule has 2 aromatic carbocycles. The molecule has 142 valence electrons. The van der Waals surface area contributed by atoms with Gasteiger partial charge in [-0.2, -0.15) is 0 Å². The number of amides is 1. The molecule has 1 aliphatic heterocycles. The minimum Gasteiger partial charge on any atom is -0.370 e. The first kappa shape index (κ1) is 18.4. The van der Waals surface area contributed by atoms with Crippen molar-refractivity contribution in [3.8, 4) is 0 Å². The molecule has 0 radical (unpaired) electrons. The number of nitrogens with two attached hydrogens (primary N) is 1. The lowest BCUT2D eigenvalue weighted by molar-refractivity contribution is -0.113. The summed E-state index contributed by atoms with van der Waals surface area (Å²) in [4.78, 5) is 24.4. The highest BCUT2D eigenvalue weighted by molar-refractivity contribution is 8.14. The number of thioether (sulfide) groups is 1. The van der Waals surface area contributed by atoms with Crippen LogP contribution >= 0.6 is 23.4 Å². The maximum atomic E-state index is 12.2. The van der Waals surface area contributed by atoms with Crippen molar-refractivity contribution in [1.82, 2.24) is 10.3 Å². The number of hydrogen-bond acceptors (Lipinski definition) is 6. The Bertz CT molecular complexity index is 1090. The summed E-state index contributed by atoms with van der Waals surface area (Å²) in [7, 11) is 0. The van der Waals surface area contributed by atoms with E-state index in [-0.39, 0.29) is 17.6 Å². The van der Waals surface area contributed by atoms with Crippen LogP contribution in [0.25, 0.3) is 10.9 Å². The molecular formula is C19H17ClN6OS. The lowest BCUT2D eigenvalue weighted by atomic mass is 10.1. The topological polar surface area (TPSA) is 108 Å². The van der Waals surface area contributed by atoms with Crippen molar-refractivity contribution in [2.45, 2.75) is 6.17 Å². The van der Waals surface area contributed by atoms with E-state index in [0.717, 1.165) is 16.5 Å². The SMILES string of the molecule is NC1=NC(c2c[nH]c3ccccc23)N=C(SCC(=O)Nc2cccc(Cl)c2)N1. The average molecular weight is 413 g/mol. The van der Waals surface area contributed by atoms with Crippen LogP contribution in [0.5, 0.6) is 0 Å². The fourth-order valence-corrected chi connectivity index (χ4v) is 3.74. The van der Waals surface area contributed by atoms with E-state index < -0.39 is 6.17 Å². The normalized spacial score (nSPS) is 16.2. The second-order valence-corrected chi connectivity index (χ2v) is 7.48. The first-order valence-electron chi connectivity index (χ1n) is 8.51. The van der Waals surface area contributed by atoms with Crippen molar-refractivity contribution in [3.05, 3.63) is 65.3 Å². The number of nitrogens with one attached hydrogen (secondary N) is 3. The minimum atomic E-state index is -0.462. The van der Waals surface area contributed by atoms with E-state index in [2.05, 4.69) is 25.6 Å². The Kier molecular flexibility index (Phi) is 5.23. The molecule has 9 heteroatoms. The van der Waals surface area contributed by atoms with Gasteiger partial charge in [0.1, 0.15) is 0 Å². The van der Waals surface area contributed by atoms with E-state index >= 15 is 0 Å². The number of hydrogen-bond donors (Lipinski definition) is 4. The van der Waals surface area contributed by atoms with Gasteiger partial charge < -0.3 is 21.4 Å². The number of aromatic amines is 1. The third-order valence-electron chi connectivity index (χ3n) is 4.08. The quantitative estimate of drug-likeness (QED) is 0.526. The third kappa shape index (κ3) is 4.13. The van der Waals surface area contributed by atoms with Crippen LogP contribution in [0.2, 0.25) is 5.02 Å². The molecule has 0 saturated heterocycles. The number of benzene rings is 2. The van der Waals surface area contributed by atoms with E-state index in [9.17, 15) is 4.79 Å². The molecule has 1 unspecified atom stereocenters.